The number of rotatable bonds is 4. The number of allylic oxidation sites excluding steroid dienone is 2. The molecule has 0 fully saturated rings. The molecule has 2 heteroatoms. The molecule has 0 bridgehead atoms. The van der Waals surface area contributed by atoms with Gasteiger partial charge in [-0.15, -0.1) is 0 Å². The fourth-order valence-corrected chi connectivity index (χ4v) is 0.566. The highest BCUT2D eigenvalue weighted by Crippen LogP contribution is 1.98. The zero-order chi connectivity index (χ0) is 8.53. The Balaban J connectivity index is 3.44. The van der Waals surface area contributed by atoms with Crippen molar-refractivity contribution in [2.45, 2.75) is 20.3 Å². The van der Waals surface area contributed by atoms with Crippen LogP contribution in [0.25, 0.3) is 0 Å². The van der Waals surface area contributed by atoms with Crippen molar-refractivity contribution in [1.29, 1.82) is 0 Å². The first kappa shape index (κ1) is 10.1. The Bertz CT molecular complexity index is 155. The minimum Gasteiger partial charge on any atom is -0.277 e. The SMILES string of the molecule is C\N=C/N=C\C=C/CC(C)C. The Kier molecular flexibility index (Phi) is 6.59. The lowest BCUT2D eigenvalue weighted by atomic mass is 10.1. The standard InChI is InChI=1S/C9H16N2/c1-9(2)6-4-5-7-11-8-10-3/h4-5,7-9H,6H2,1-3H3/b5-4-,10-8-,11-7-. The van der Waals surface area contributed by atoms with Gasteiger partial charge in [-0.25, -0.2) is 4.99 Å². The molecule has 0 saturated heterocycles. The zero-order valence-corrected chi connectivity index (χ0v) is 7.49. The molecular weight excluding hydrogens is 136 g/mol. The van der Waals surface area contributed by atoms with Gasteiger partial charge in [0.05, 0.1) is 0 Å². The van der Waals surface area contributed by atoms with Crippen molar-refractivity contribution in [3.63, 3.8) is 0 Å². The van der Waals surface area contributed by atoms with Crippen LogP contribution in [0.15, 0.2) is 22.1 Å². The van der Waals surface area contributed by atoms with E-state index in [1.54, 1.807) is 13.3 Å². The molecule has 11 heavy (non-hydrogen) atoms. The highest BCUT2D eigenvalue weighted by Gasteiger charge is 1.84. The van der Waals surface area contributed by atoms with E-state index in [4.69, 9.17) is 0 Å². The molecule has 0 spiro atoms. The van der Waals surface area contributed by atoms with Gasteiger partial charge in [0.1, 0.15) is 6.34 Å². The lowest BCUT2D eigenvalue weighted by molar-refractivity contribution is 0.664. The van der Waals surface area contributed by atoms with Gasteiger partial charge < -0.3 is 0 Å². The van der Waals surface area contributed by atoms with Crippen molar-refractivity contribution in [3.8, 4) is 0 Å². The minimum atomic E-state index is 0.722. The smallest absolute Gasteiger partial charge is 0.109 e. The maximum atomic E-state index is 3.88. The lowest BCUT2D eigenvalue weighted by Crippen LogP contribution is -1.81. The maximum Gasteiger partial charge on any atom is 0.109 e. The van der Waals surface area contributed by atoms with Gasteiger partial charge in [-0.1, -0.05) is 19.9 Å². The van der Waals surface area contributed by atoms with E-state index in [-0.39, 0.29) is 0 Å². The Morgan fingerprint density at radius 1 is 1.36 bits per heavy atom. The predicted octanol–water partition coefficient (Wildman–Crippen LogP) is 2.32. The summed E-state index contributed by atoms with van der Waals surface area (Å²) in [7, 11) is 1.70. The van der Waals surface area contributed by atoms with Crippen LogP contribution in [-0.4, -0.2) is 19.6 Å². The highest BCUT2D eigenvalue weighted by atomic mass is 14.8. The summed E-state index contributed by atoms with van der Waals surface area (Å²) in [5, 5.41) is 0. The zero-order valence-electron chi connectivity index (χ0n) is 7.49. The Morgan fingerprint density at radius 3 is 2.64 bits per heavy atom. The highest BCUT2D eigenvalue weighted by molar-refractivity contribution is 5.79. The topological polar surface area (TPSA) is 24.7 Å². The summed E-state index contributed by atoms with van der Waals surface area (Å²) < 4.78 is 0. The van der Waals surface area contributed by atoms with Crippen LogP contribution in [0.2, 0.25) is 0 Å². The molecule has 0 aliphatic heterocycles. The molecule has 0 aromatic heterocycles. The van der Waals surface area contributed by atoms with E-state index < -0.39 is 0 Å². The molecule has 0 amide bonds. The molecule has 0 aromatic rings. The molecule has 0 saturated carbocycles. The van der Waals surface area contributed by atoms with Gasteiger partial charge in [0.2, 0.25) is 0 Å². The molecular formula is C9H16N2. The summed E-state index contributed by atoms with van der Waals surface area (Å²) in [4.78, 5) is 7.59. The van der Waals surface area contributed by atoms with Crippen LogP contribution in [0.5, 0.6) is 0 Å². The first-order valence-corrected chi connectivity index (χ1v) is 3.86. The fraction of sp³-hybridized carbons (Fsp3) is 0.556. The van der Waals surface area contributed by atoms with Crippen LogP contribution < -0.4 is 0 Å². The minimum absolute atomic E-state index is 0.722. The van der Waals surface area contributed by atoms with Gasteiger partial charge in [-0.05, 0) is 18.4 Å². The van der Waals surface area contributed by atoms with E-state index in [1.165, 1.54) is 6.34 Å². The average Bonchev–Trinajstić information content (AvgIpc) is 1.96. The first-order chi connectivity index (χ1) is 5.27. The Labute approximate surface area is 68.8 Å². The molecule has 0 atom stereocenters. The van der Waals surface area contributed by atoms with Crippen molar-refractivity contribution in [3.05, 3.63) is 12.2 Å². The van der Waals surface area contributed by atoms with Gasteiger partial charge in [-0.2, -0.15) is 0 Å². The molecule has 0 aromatic carbocycles. The summed E-state index contributed by atoms with van der Waals surface area (Å²) in [5.74, 6) is 0.722. The quantitative estimate of drug-likeness (QED) is 0.436. The maximum absolute atomic E-state index is 3.88. The number of hydrogen-bond acceptors (Lipinski definition) is 1. The van der Waals surface area contributed by atoms with Crippen molar-refractivity contribution in [2.24, 2.45) is 15.9 Å². The molecule has 0 rings (SSSR count). The molecule has 0 aliphatic carbocycles. The molecule has 62 valence electrons. The second kappa shape index (κ2) is 7.19. The predicted molar refractivity (Wildman–Crippen MR) is 51.5 cm³/mol. The molecule has 0 heterocycles. The third-order valence-corrected chi connectivity index (χ3v) is 1.10. The lowest BCUT2D eigenvalue weighted by Gasteiger charge is -1.94. The molecule has 0 N–H and O–H groups in total. The third-order valence-electron chi connectivity index (χ3n) is 1.10. The van der Waals surface area contributed by atoms with Crippen molar-refractivity contribution < 1.29 is 0 Å². The van der Waals surface area contributed by atoms with Crippen LogP contribution in [0.3, 0.4) is 0 Å². The van der Waals surface area contributed by atoms with Gasteiger partial charge in [0, 0.05) is 13.3 Å². The van der Waals surface area contributed by atoms with Gasteiger partial charge in [0.25, 0.3) is 0 Å². The molecule has 0 unspecified atom stereocenters. The van der Waals surface area contributed by atoms with E-state index in [1.807, 2.05) is 6.08 Å². The fourth-order valence-electron chi connectivity index (χ4n) is 0.566. The van der Waals surface area contributed by atoms with Crippen LogP contribution in [-0.2, 0) is 0 Å². The monoisotopic (exact) mass is 152 g/mol. The Hall–Kier alpha value is -0.920. The molecule has 0 radical (unpaired) electrons. The van der Waals surface area contributed by atoms with Gasteiger partial charge in [-0.3, -0.25) is 4.99 Å². The average molecular weight is 152 g/mol. The van der Waals surface area contributed by atoms with Crippen LogP contribution in [0.4, 0.5) is 0 Å². The summed E-state index contributed by atoms with van der Waals surface area (Å²) in [6.45, 7) is 4.38. The summed E-state index contributed by atoms with van der Waals surface area (Å²) >= 11 is 0. The van der Waals surface area contributed by atoms with Crippen LogP contribution in [0, 0.1) is 5.92 Å². The van der Waals surface area contributed by atoms with E-state index in [0.29, 0.717) is 0 Å². The van der Waals surface area contributed by atoms with Crippen molar-refractivity contribution >= 4 is 12.6 Å². The number of hydrogen-bond donors (Lipinski definition) is 0. The van der Waals surface area contributed by atoms with Crippen molar-refractivity contribution in [2.75, 3.05) is 7.05 Å². The van der Waals surface area contributed by atoms with Gasteiger partial charge in [0.15, 0.2) is 0 Å². The number of nitrogens with zero attached hydrogens (tertiary/aromatic N) is 2. The number of aliphatic imine (C=N–C) groups is 2. The normalized spacial score (nSPS) is 13.1. The summed E-state index contributed by atoms with van der Waals surface area (Å²) in [6.07, 6.45) is 8.43. The largest absolute Gasteiger partial charge is 0.277 e. The van der Waals surface area contributed by atoms with Crippen LogP contribution >= 0.6 is 0 Å². The van der Waals surface area contributed by atoms with Crippen LogP contribution in [0.1, 0.15) is 20.3 Å². The van der Waals surface area contributed by atoms with Crippen molar-refractivity contribution in [1.82, 2.24) is 0 Å². The molecule has 2 nitrogen and oxygen atoms in total. The third kappa shape index (κ3) is 9.08. The second-order valence-electron chi connectivity index (χ2n) is 2.73. The summed E-state index contributed by atoms with van der Waals surface area (Å²) in [6, 6.07) is 0. The Morgan fingerprint density at radius 2 is 2.09 bits per heavy atom. The van der Waals surface area contributed by atoms with E-state index in [2.05, 4.69) is 29.9 Å². The second-order valence-corrected chi connectivity index (χ2v) is 2.73. The molecule has 0 aliphatic rings. The van der Waals surface area contributed by atoms with E-state index in [9.17, 15) is 0 Å². The van der Waals surface area contributed by atoms with Gasteiger partial charge >= 0.3 is 0 Å². The summed E-state index contributed by atoms with van der Waals surface area (Å²) in [5.41, 5.74) is 0. The van der Waals surface area contributed by atoms with E-state index >= 15 is 0 Å². The van der Waals surface area contributed by atoms with E-state index in [0.717, 1.165) is 12.3 Å². The first-order valence-electron chi connectivity index (χ1n) is 3.86.